The van der Waals surface area contributed by atoms with E-state index in [2.05, 4.69) is 20.0 Å². The third-order valence-electron chi connectivity index (χ3n) is 3.46. The Labute approximate surface area is 198 Å². The summed E-state index contributed by atoms with van der Waals surface area (Å²) >= 11 is 0. The Kier molecular flexibility index (Phi) is 15.0. The molecule has 2 aromatic rings. The van der Waals surface area contributed by atoms with Crippen molar-refractivity contribution in [1.82, 2.24) is 19.5 Å². The van der Waals surface area contributed by atoms with Crippen LogP contribution in [0.25, 0.3) is 16.3 Å². The van der Waals surface area contributed by atoms with Crippen molar-refractivity contribution in [2.24, 2.45) is 0 Å². The summed E-state index contributed by atoms with van der Waals surface area (Å²) in [4.78, 5) is 13.0. The van der Waals surface area contributed by atoms with Crippen LogP contribution in [0.15, 0.2) is 6.20 Å². The number of aromatic nitrogens is 4. The van der Waals surface area contributed by atoms with E-state index in [9.17, 15) is 5.11 Å². The molecule has 12 heteroatoms. The molecule has 0 saturated heterocycles. The van der Waals surface area contributed by atoms with E-state index >= 15 is 0 Å². The van der Waals surface area contributed by atoms with E-state index < -0.39 is 0 Å². The van der Waals surface area contributed by atoms with Gasteiger partial charge in [-0.15, -0.1) is 0 Å². The summed E-state index contributed by atoms with van der Waals surface area (Å²) < 4.78 is 6.61. The maximum Gasteiger partial charge on any atom is 0.163 e. The summed E-state index contributed by atoms with van der Waals surface area (Å²) in [6, 6.07) is 1.96. The minimum atomic E-state index is -0.158. The zero-order chi connectivity index (χ0) is 18.1. The first kappa shape index (κ1) is 27.1. The molecule has 0 spiro atoms. The minimum Gasteiger partial charge on any atom is -0.618 e. The number of nitriles is 1. The summed E-state index contributed by atoms with van der Waals surface area (Å²) in [5.74, 6) is 1.85. The average molecular weight is 646 g/mol. The summed E-state index contributed by atoms with van der Waals surface area (Å²) in [7, 11) is 1.88. The summed E-state index contributed by atoms with van der Waals surface area (Å²) in [5, 5.41) is 30.0. The molecule has 0 bridgehead atoms. The first-order chi connectivity index (χ1) is 12.2. The number of hydrogen-bond donors (Lipinski definition) is 2. The number of hydrogen-bond acceptors (Lipinski definition) is 7. The number of rotatable bonds is 8. The van der Waals surface area contributed by atoms with Crippen LogP contribution in [0.4, 0.5) is 0 Å². The van der Waals surface area contributed by atoms with E-state index in [1.165, 1.54) is 0 Å². The molecule has 2 aromatic heterocycles. The largest absolute Gasteiger partial charge is 0.618 e. The van der Waals surface area contributed by atoms with Crippen LogP contribution in [0.3, 0.4) is 0 Å². The number of imidazole rings is 1. The molecule has 1 atom stereocenters. The topological polar surface area (TPSA) is 131 Å². The fraction of sp³-hybridized carbons (Fsp3) is 0.600. The molecule has 1 aliphatic carbocycles. The first-order valence-electron chi connectivity index (χ1n) is 8.01. The Morgan fingerprint density at radius 2 is 2.15 bits per heavy atom. The van der Waals surface area contributed by atoms with E-state index in [1.54, 1.807) is 17.8 Å². The van der Waals surface area contributed by atoms with Crippen LogP contribution >= 0.6 is 8.96 Å². The zero-order valence-electron chi connectivity index (χ0n) is 15.0. The normalized spacial score (nSPS) is 12.8. The average Bonchev–Trinajstić information content (AvgIpc) is 3.43. The van der Waals surface area contributed by atoms with Crippen LogP contribution < -0.4 is 0 Å². The molecule has 0 amide bonds. The zero-order valence-corrected chi connectivity index (χ0v) is 21.2. The van der Waals surface area contributed by atoms with E-state index in [-0.39, 0.29) is 75.0 Å². The Balaban J connectivity index is 0.000000590. The van der Waals surface area contributed by atoms with Crippen molar-refractivity contribution in [3.05, 3.63) is 22.9 Å². The second kappa shape index (κ2) is 15.0. The number of nitrogens with zero attached hydrogens (tertiary/aromatic N) is 6. The molecule has 1 unspecified atom stereocenters. The number of aliphatic hydroxyl groups is 2. The van der Waals surface area contributed by atoms with Gasteiger partial charge in [0.25, 0.3) is 0 Å². The molecule has 0 aliphatic heterocycles. The first-order valence-corrected chi connectivity index (χ1v) is 8.87. The van der Waals surface area contributed by atoms with Crippen LogP contribution in [-0.4, -0.2) is 50.0 Å². The van der Waals surface area contributed by atoms with Crippen LogP contribution in [-0.2, 0) is 70.5 Å². The molecule has 3 rings (SSSR count). The van der Waals surface area contributed by atoms with Gasteiger partial charge in [-0.2, -0.15) is 12.3 Å². The van der Waals surface area contributed by atoms with Gasteiger partial charge in [0.1, 0.15) is 23.8 Å². The van der Waals surface area contributed by atoms with E-state index in [1.807, 2.05) is 6.07 Å². The molecule has 2 N–H and O–H groups in total. The summed E-state index contributed by atoms with van der Waals surface area (Å²) in [6.07, 6.45) is 4.45. The number of fused-ring (bicyclic) bond motifs is 1. The van der Waals surface area contributed by atoms with Gasteiger partial charge in [0.05, 0.1) is 31.9 Å². The summed E-state index contributed by atoms with van der Waals surface area (Å²) in [6.45, 7) is 0.746. The molecular formula is C15H22IrN6O3PY-. The third kappa shape index (κ3) is 8.53. The second-order valence-corrected chi connectivity index (χ2v) is 6.26. The molecule has 2 radical (unpaired) electrons. The molecule has 1 saturated carbocycles. The Bertz CT molecular complexity index is 725. The Morgan fingerprint density at radius 3 is 2.70 bits per heavy atom. The maximum atomic E-state index is 9.22. The van der Waals surface area contributed by atoms with Crippen molar-refractivity contribution >= 4 is 20.1 Å². The van der Waals surface area contributed by atoms with Crippen molar-refractivity contribution in [2.75, 3.05) is 20.3 Å². The molecule has 2 heterocycles. The molecule has 1 fully saturated rings. The SMILES string of the molecule is C[N-]POCCC#N.OCCn1c(CO)nc2cnc(C3CC3)nc21.[Ir].[Y]. The van der Waals surface area contributed by atoms with Gasteiger partial charge in [0.15, 0.2) is 5.65 Å². The van der Waals surface area contributed by atoms with Crippen molar-refractivity contribution in [2.45, 2.75) is 38.3 Å². The van der Waals surface area contributed by atoms with Gasteiger partial charge >= 0.3 is 0 Å². The van der Waals surface area contributed by atoms with E-state index in [4.69, 9.17) is 14.9 Å². The van der Waals surface area contributed by atoms with Crippen LogP contribution in [0.5, 0.6) is 0 Å². The quantitative estimate of drug-likeness (QED) is 0.329. The van der Waals surface area contributed by atoms with Gasteiger partial charge in [-0.1, -0.05) is 8.96 Å². The predicted octanol–water partition coefficient (Wildman–Crippen LogP) is 1.61. The standard InChI is InChI=1S/C11H14N4O2.C4H8N2OP.Ir.Y/c16-4-3-15-9(6-17)13-8-5-12-10(7-1-2-7)14-11(8)15;1-6-8-7-4-2-3-5;;/h5,7,16-17H,1-4,6H2;8H,2,4H2,1H3;;/q;-1;;. The fourth-order valence-electron chi connectivity index (χ4n) is 2.18. The Hall–Kier alpha value is 0.0632. The minimum absolute atomic E-state index is 0. The van der Waals surface area contributed by atoms with Crippen LogP contribution in [0.1, 0.15) is 36.8 Å². The fourth-order valence-corrected chi connectivity index (χ4v) is 2.50. The van der Waals surface area contributed by atoms with Crippen LogP contribution in [0.2, 0.25) is 0 Å². The summed E-state index contributed by atoms with van der Waals surface area (Å²) in [5.41, 5.74) is 1.38. The van der Waals surface area contributed by atoms with Gasteiger partial charge in [0.2, 0.25) is 0 Å². The van der Waals surface area contributed by atoms with Gasteiger partial charge in [-0.25, -0.2) is 15.0 Å². The van der Waals surface area contributed by atoms with Gasteiger partial charge < -0.3 is 24.4 Å². The van der Waals surface area contributed by atoms with Gasteiger partial charge in [-0.05, 0) is 12.8 Å². The molecule has 148 valence electrons. The van der Waals surface area contributed by atoms with Gasteiger partial charge in [0, 0.05) is 65.3 Å². The van der Waals surface area contributed by atoms with Gasteiger partial charge in [-0.3, -0.25) is 0 Å². The van der Waals surface area contributed by atoms with Crippen molar-refractivity contribution in [3.8, 4) is 6.07 Å². The monoisotopic (exact) mass is 647 g/mol. The van der Waals surface area contributed by atoms with Crippen LogP contribution in [0, 0.1) is 11.3 Å². The van der Waals surface area contributed by atoms with Crippen molar-refractivity contribution in [3.63, 3.8) is 0 Å². The van der Waals surface area contributed by atoms with E-state index in [0.29, 0.717) is 42.5 Å². The van der Waals surface area contributed by atoms with Crippen molar-refractivity contribution in [1.29, 1.82) is 5.26 Å². The third-order valence-corrected chi connectivity index (χ3v) is 3.98. The smallest absolute Gasteiger partial charge is 0.163 e. The molecule has 1 aliphatic rings. The molecular weight excluding hydrogens is 624 g/mol. The maximum absolute atomic E-state index is 9.22. The number of aliphatic hydroxyl groups excluding tert-OH is 2. The van der Waals surface area contributed by atoms with Crippen molar-refractivity contribution < 1.29 is 67.6 Å². The second-order valence-electron chi connectivity index (χ2n) is 5.34. The predicted molar refractivity (Wildman–Crippen MR) is 94.1 cm³/mol. The Morgan fingerprint density at radius 1 is 1.41 bits per heavy atom. The molecule has 0 aromatic carbocycles. The molecule has 27 heavy (non-hydrogen) atoms. The molecule has 9 nitrogen and oxygen atoms in total. The van der Waals surface area contributed by atoms with E-state index in [0.717, 1.165) is 18.7 Å².